The minimum Gasteiger partial charge on any atom is -0.355 e. The normalized spacial score (nSPS) is 18.9. The molecule has 0 bridgehead atoms. The highest BCUT2D eigenvalue weighted by Crippen LogP contribution is 2.22. The van der Waals surface area contributed by atoms with Crippen LogP contribution in [0.4, 0.5) is 5.82 Å². The average Bonchev–Trinajstić information content (AvgIpc) is 2.98. The van der Waals surface area contributed by atoms with Gasteiger partial charge in [-0.25, -0.2) is 15.0 Å². The molecule has 2 aromatic rings. The van der Waals surface area contributed by atoms with E-state index in [-0.39, 0.29) is 0 Å². The third kappa shape index (κ3) is 3.31. The molecule has 0 saturated carbocycles. The van der Waals surface area contributed by atoms with Crippen molar-refractivity contribution < 1.29 is 0 Å². The Hall–Kier alpha value is -1.72. The van der Waals surface area contributed by atoms with Gasteiger partial charge in [0.25, 0.3) is 0 Å². The molecule has 1 fully saturated rings. The van der Waals surface area contributed by atoms with Gasteiger partial charge in [0.05, 0.1) is 0 Å². The molecule has 0 aliphatic carbocycles. The van der Waals surface area contributed by atoms with Gasteiger partial charge in [0.2, 0.25) is 0 Å². The molecule has 1 unspecified atom stereocenters. The zero-order chi connectivity index (χ0) is 14.7. The van der Waals surface area contributed by atoms with Gasteiger partial charge in [0, 0.05) is 50.7 Å². The van der Waals surface area contributed by atoms with Crippen LogP contribution >= 0.6 is 11.6 Å². The van der Waals surface area contributed by atoms with Crippen molar-refractivity contribution >= 4 is 17.4 Å². The zero-order valence-corrected chi connectivity index (χ0v) is 12.7. The number of rotatable bonds is 4. The Morgan fingerprint density at radius 2 is 2.24 bits per heavy atom. The minimum absolute atomic E-state index is 0.468. The number of hydrogen-bond donors (Lipinski definition) is 0. The van der Waals surface area contributed by atoms with E-state index in [9.17, 15) is 0 Å². The number of anilines is 1. The van der Waals surface area contributed by atoms with Crippen LogP contribution in [-0.4, -0.2) is 46.0 Å². The largest absolute Gasteiger partial charge is 0.355 e. The highest BCUT2D eigenvalue weighted by molar-refractivity contribution is 6.30. The van der Waals surface area contributed by atoms with Crippen LogP contribution in [0.1, 0.15) is 12.0 Å². The Bertz CT molecular complexity index is 592. The molecule has 0 amide bonds. The third-order valence-electron chi connectivity index (χ3n) is 3.95. The van der Waals surface area contributed by atoms with Crippen LogP contribution in [0.25, 0.3) is 0 Å². The minimum atomic E-state index is 0.468. The Labute approximate surface area is 129 Å². The van der Waals surface area contributed by atoms with Gasteiger partial charge < -0.3 is 4.90 Å². The fourth-order valence-corrected chi connectivity index (χ4v) is 2.91. The highest BCUT2D eigenvalue weighted by atomic mass is 35.5. The van der Waals surface area contributed by atoms with Crippen molar-refractivity contribution in [2.75, 3.05) is 25.0 Å². The Balaban J connectivity index is 1.62. The maximum absolute atomic E-state index is 6.13. The number of likely N-dealkylation sites (tertiary alicyclic amines) is 1. The van der Waals surface area contributed by atoms with Crippen LogP contribution in [-0.2, 0) is 6.54 Å². The Morgan fingerprint density at radius 1 is 1.33 bits per heavy atom. The van der Waals surface area contributed by atoms with Gasteiger partial charge >= 0.3 is 0 Å². The van der Waals surface area contributed by atoms with Gasteiger partial charge in [0.15, 0.2) is 0 Å². The fourth-order valence-electron chi connectivity index (χ4n) is 2.73. The summed E-state index contributed by atoms with van der Waals surface area (Å²) in [6.45, 7) is 2.91. The molecule has 6 heteroatoms. The molecule has 0 radical (unpaired) electrons. The van der Waals surface area contributed by atoms with E-state index in [4.69, 9.17) is 11.6 Å². The molecular formula is C15H18ClN5. The monoisotopic (exact) mass is 303 g/mol. The van der Waals surface area contributed by atoms with Crippen LogP contribution in [0.5, 0.6) is 0 Å². The lowest BCUT2D eigenvalue weighted by molar-refractivity contribution is 0.325. The molecule has 0 spiro atoms. The Morgan fingerprint density at radius 3 is 3.00 bits per heavy atom. The number of hydrogen-bond acceptors (Lipinski definition) is 5. The van der Waals surface area contributed by atoms with E-state index in [0.29, 0.717) is 11.2 Å². The van der Waals surface area contributed by atoms with Crippen molar-refractivity contribution in [3.8, 4) is 0 Å². The summed E-state index contributed by atoms with van der Waals surface area (Å²) in [6, 6.07) is 6.38. The first kappa shape index (κ1) is 14.2. The van der Waals surface area contributed by atoms with Crippen LogP contribution in [0, 0.1) is 0 Å². The number of pyridine rings is 1. The lowest BCUT2D eigenvalue weighted by atomic mass is 10.2. The second-order valence-electron chi connectivity index (χ2n) is 5.31. The topological polar surface area (TPSA) is 45.2 Å². The van der Waals surface area contributed by atoms with Crippen molar-refractivity contribution in [3.63, 3.8) is 0 Å². The van der Waals surface area contributed by atoms with Gasteiger partial charge in [-0.2, -0.15) is 0 Å². The lowest BCUT2D eigenvalue weighted by Gasteiger charge is -2.25. The van der Waals surface area contributed by atoms with E-state index < -0.39 is 0 Å². The molecule has 3 heterocycles. The van der Waals surface area contributed by atoms with Gasteiger partial charge in [-0.3, -0.25) is 4.90 Å². The summed E-state index contributed by atoms with van der Waals surface area (Å²) >= 11 is 6.13. The lowest BCUT2D eigenvalue weighted by Crippen LogP contribution is -2.35. The fraction of sp³-hybridized carbons (Fsp3) is 0.400. The molecule has 1 aliphatic heterocycles. The summed E-state index contributed by atoms with van der Waals surface area (Å²) in [5.74, 6) is 0.969. The van der Waals surface area contributed by atoms with Crippen molar-refractivity contribution in [2.24, 2.45) is 0 Å². The summed E-state index contributed by atoms with van der Waals surface area (Å²) in [5, 5.41) is 0.602. The van der Waals surface area contributed by atoms with E-state index >= 15 is 0 Å². The first-order chi connectivity index (χ1) is 10.2. The maximum atomic E-state index is 6.13. The second-order valence-corrected chi connectivity index (χ2v) is 5.67. The van der Waals surface area contributed by atoms with Crippen LogP contribution in [0.2, 0.25) is 5.15 Å². The van der Waals surface area contributed by atoms with E-state index in [1.807, 2.05) is 18.2 Å². The molecule has 21 heavy (non-hydrogen) atoms. The highest BCUT2D eigenvalue weighted by Gasteiger charge is 2.26. The molecule has 1 atom stereocenters. The average molecular weight is 304 g/mol. The summed E-state index contributed by atoms with van der Waals surface area (Å²) in [7, 11) is 2.09. The van der Waals surface area contributed by atoms with Crippen molar-refractivity contribution in [1.82, 2.24) is 19.9 Å². The van der Waals surface area contributed by atoms with Crippen LogP contribution < -0.4 is 4.90 Å². The van der Waals surface area contributed by atoms with E-state index in [1.165, 1.54) is 0 Å². The Kier molecular flexibility index (Phi) is 4.31. The summed E-state index contributed by atoms with van der Waals surface area (Å²) in [4.78, 5) is 17.0. The molecule has 2 aromatic heterocycles. The number of likely N-dealkylation sites (N-methyl/N-ethyl adjacent to an activating group) is 1. The first-order valence-corrected chi connectivity index (χ1v) is 7.42. The van der Waals surface area contributed by atoms with E-state index in [2.05, 4.69) is 31.8 Å². The predicted octanol–water partition coefficient (Wildman–Crippen LogP) is 2.24. The van der Waals surface area contributed by atoms with Gasteiger partial charge in [-0.05, 0) is 18.6 Å². The first-order valence-electron chi connectivity index (χ1n) is 7.04. The van der Waals surface area contributed by atoms with Gasteiger partial charge in [-0.1, -0.05) is 17.7 Å². The number of aromatic nitrogens is 3. The molecular weight excluding hydrogens is 286 g/mol. The smallest absolute Gasteiger partial charge is 0.133 e. The molecule has 0 N–H and O–H groups in total. The molecule has 1 aliphatic rings. The molecule has 0 aromatic carbocycles. The number of nitrogens with zero attached hydrogens (tertiary/aromatic N) is 5. The molecule has 5 nitrogen and oxygen atoms in total. The molecule has 3 rings (SSSR count). The SMILES string of the molecule is CN(c1ccncn1)C1CCN(Cc2cccnc2Cl)C1. The van der Waals surface area contributed by atoms with Crippen molar-refractivity contribution in [2.45, 2.75) is 19.0 Å². The van der Waals surface area contributed by atoms with Gasteiger partial charge in [0.1, 0.15) is 17.3 Å². The quantitative estimate of drug-likeness (QED) is 0.811. The zero-order valence-electron chi connectivity index (χ0n) is 12.0. The standard InChI is InChI=1S/C15H18ClN5/c1-20(14-4-7-17-11-19-14)13-5-8-21(10-13)9-12-3-2-6-18-15(12)16/h2-4,6-7,11,13H,5,8-10H2,1H3. The predicted molar refractivity (Wildman–Crippen MR) is 83.4 cm³/mol. The third-order valence-corrected chi connectivity index (χ3v) is 4.29. The van der Waals surface area contributed by atoms with E-state index in [1.54, 1.807) is 18.7 Å². The summed E-state index contributed by atoms with van der Waals surface area (Å²) in [6.07, 6.45) is 6.22. The number of halogens is 1. The molecule has 110 valence electrons. The second kappa shape index (κ2) is 6.37. The van der Waals surface area contributed by atoms with Crippen molar-refractivity contribution in [1.29, 1.82) is 0 Å². The van der Waals surface area contributed by atoms with Crippen LogP contribution in [0.3, 0.4) is 0 Å². The van der Waals surface area contributed by atoms with Crippen LogP contribution in [0.15, 0.2) is 36.9 Å². The maximum Gasteiger partial charge on any atom is 0.133 e. The van der Waals surface area contributed by atoms with Gasteiger partial charge in [-0.15, -0.1) is 0 Å². The van der Waals surface area contributed by atoms with Crippen molar-refractivity contribution in [3.05, 3.63) is 47.6 Å². The molecule has 1 saturated heterocycles. The van der Waals surface area contributed by atoms with E-state index in [0.717, 1.165) is 37.4 Å². The summed E-state index contributed by atoms with van der Waals surface area (Å²) < 4.78 is 0. The summed E-state index contributed by atoms with van der Waals surface area (Å²) in [5.41, 5.74) is 1.09.